The molecule has 2 rings (SSSR count). The lowest BCUT2D eigenvalue weighted by molar-refractivity contribution is 0.390. The van der Waals surface area contributed by atoms with Crippen LogP contribution in [0.3, 0.4) is 0 Å². The van der Waals surface area contributed by atoms with E-state index >= 15 is 0 Å². The van der Waals surface area contributed by atoms with Gasteiger partial charge in [0.1, 0.15) is 5.82 Å². The minimum atomic E-state index is -0.250. The molecule has 0 aromatic heterocycles. The van der Waals surface area contributed by atoms with E-state index in [-0.39, 0.29) is 11.2 Å². The second-order valence-electron chi connectivity index (χ2n) is 5.15. The molecule has 0 N–H and O–H groups in total. The number of hydrogen-bond donors (Lipinski definition) is 0. The Bertz CT molecular complexity index is 466. The molecule has 90 valence electrons. The highest BCUT2D eigenvalue weighted by molar-refractivity contribution is 9.10. The van der Waals surface area contributed by atoms with Crippen LogP contribution in [0.4, 0.5) is 4.39 Å². The monoisotopic (exact) mass is 295 g/mol. The van der Waals surface area contributed by atoms with Crippen molar-refractivity contribution in [1.82, 2.24) is 0 Å². The normalized spacial score (nSPS) is 28.0. The van der Waals surface area contributed by atoms with Gasteiger partial charge in [-0.3, -0.25) is 0 Å². The van der Waals surface area contributed by atoms with Crippen LogP contribution < -0.4 is 0 Å². The number of halogens is 2. The van der Waals surface area contributed by atoms with Gasteiger partial charge in [0, 0.05) is 4.47 Å². The summed E-state index contributed by atoms with van der Waals surface area (Å²) in [5.74, 6) is 0.375. The summed E-state index contributed by atoms with van der Waals surface area (Å²) >= 11 is 3.37. The Balaban J connectivity index is 2.22. The van der Waals surface area contributed by atoms with Crippen molar-refractivity contribution < 1.29 is 4.39 Å². The molecule has 2 atom stereocenters. The molecule has 0 amide bonds. The summed E-state index contributed by atoms with van der Waals surface area (Å²) in [5, 5.41) is 9.40. The highest BCUT2D eigenvalue weighted by Gasteiger charge is 2.38. The zero-order valence-electron chi connectivity index (χ0n) is 9.84. The molecule has 0 heterocycles. The van der Waals surface area contributed by atoms with E-state index in [1.54, 1.807) is 6.07 Å². The largest absolute Gasteiger partial charge is 0.207 e. The van der Waals surface area contributed by atoms with Crippen molar-refractivity contribution in [3.8, 4) is 6.07 Å². The second-order valence-corrected chi connectivity index (χ2v) is 6.01. The minimum absolute atomic E-state index is 0.244. The Kier molecular flexibility index (Phi) is 3.53. The highest BCUT2D eigenvalue weighted by atomic mass is 79.9. The molecule has 0 radical (unpaired) electrons. The summed E-state index contributed by atoms with van der Waals surface area (Å²) in [6.45, 7) is 2.19. The number of rotatable bonds is 2. The Morgan fingerprint density at radius 3 is 2.88 bits per heavy atom. The van der Waals surface area contributed by atoms with Crippen LogP contribution in [0, 0.1) is 28.5 Å². The molecule has 1 fully saturated rings. The van der Waals surface area contributed by atoms with Gasteiger partial charge >= 0.3 is 0 Å². The first-order chi connectivity index (χ1) is 8.04. The van der Waals surface area contributed by atoms with Gasteiger partial charge in [0.25, 0.3) is 0 Å². The maximum absolute atomic E-state index is 13.0. The van der Waals surface area contributed by atoms with Crippen LogP contribution in [0.1, 0.15) is 31.7 Å². The molecule has 1 aliphatic rings. The van der Waals surface area contributed by atoms with E-state index in [1.165, 1.54) is 12.1 Å². The van der Waals surface area contributed by atoms with Crippen LogP contribution in [0.5, 0.6) is 0 Å². The lowest BCUT2D eigenvalue weighted by Gasteiger charge is -2.21. The number of nitrogens with zero attached hydrogens (tertiary/aromatic N) is 1. The van der Waals surface area contributed by atoms with Crippen molar-refractivity contribution in [1.29, 1.82) is 5.26 Å². The molecule has 17 heavy (non-hydrogen) atoms. The third kappa shape index (κ3) is 2.69. The molecule has 1 aromatic carbocycles. The van der Waals surface area contributed by atoms with Crippen LogP contribution in [0.15, 0.2) is 22.7 Å². The predicted octanol–water partition coefficient (Wildman–Crippen LogP) is 4.46. The molecule has 0 saturated heterocycles. The van der Waals surface area contributed by atoms with Gasteiger partial charge in [0.2, 0.25) is 0 Å². The summed E-state index contributed by atoms with van der Waals surface area (Å²) in [6.07, 6.45) is 3.74. The Morgan fingerprint density at radius 2 is 2.35 bits per heavy atom. The first-order valence-electron chi connectivity index (χ1n) is 5.90. The fraction of sp³-hybridized carbons (Fsp3) is 0.500. The first-order valence-corrected chi connectivity index (χ1v) is 6.69. The van der Waals surface area contributed by atoms with E-state index in [1.807, 2.05) is 0 Å². The number of nitriles is 1. The van der Waals surface area contributed by atoms with Gasteiger partial charge in [-0.05, 0) is 49.3 Å². The molecule has 0 bridgehead atoms. The maximum atomic E-state index is 13.0. The SMILES string of the molecule is CC1CCC(C#N)(Cc2ccc(F)cc2Br)C1. The van der Waals surface area contributed by atoms with Crippen molar-refractivity contribution in [2.75, 3.05) is 0 Å². The molecule has 0 aliphatic heterocycles. The lowest BCUT2D eigenvalue weighted by Crippen LogP contribution is -2.18. The molecule has 1 saturated carbocycles. The third-order valence-electron chi connectivity index (χ3n) is 3.64. The summed E-state index contributed by atoms with van der Waals surface area (Å²) in [4.78, 5) is 0. The van der Waals surface area contributed by atoms with Crippen molar-refractivity contribution in [3.05, 3.63) is 34.1 Å². The molecule has 1 aliphatic carbocycles. The van der Waals surface area contributed by atoms with Crippen molar-refractivity contribution >= 4 is 15.9 Å². The van der Waals surface area contributed by atoms with E-state index in [2.05, 4.69) is 28.9 Å². The van der Waals surface area contributed by atoms with Gasteiger partial charge in [-0.1, -0.05) is 28.9 Å². The zero-order valence-corrected chi connectivity index (χ0v) is 11.4. The summed E-state index contributed by atoms with van der Waals surface area (Å²) < 4.78 is 13.8. The van der Waals surface area contributed by atoms with E-state index in [0.717, 1.165) is 29.3 Å². The zero-order chi connectivity index (χ0) is 12.5. The quantitative estimate of drug-likeness (QED) is 0.790. The van der Waals surface area contributed by atoms with Gasteiger partial charge in [-0.2, -0.15) is 5.26 Å². The molecular formula is C14H15BrFN. The van der Waals surface area contributed by atoms with Gasteiger partial charge in [-0.15, -0.1) is 0 Å². The maximum Gasteiger partial charge on any atom is 0.124 e. The van der Waals surface area contributed by atoms with E-state index in [9.17, 15) is 9.65 Å². The predicted molar refractivity (Wildman–Crippen MR) is 68.9 cm³/mol. The first kappa shape index (κ1) is 12.6. The fourth-order valence-electron chi connectivity index (χ4n) is 2.73. The fourth-order valence-corrected chi connectivity index (χ4v) is 3.22. The molecule has 0 spiro atoms. The van der Waals surface area contributed by atoms with E-state index in [4.69, 9.17) is 0 Å². The highest BCUT2D eigenvalue weighted by Crippen LogP contribution is 2.44. The van der Waals surface area contributed by atoms with Crippen LogP contribution in [-0.2, 0) is 6.42 Å². The minimum Gasteiger partial charge on any atom is -0.207 e. The van der Waals surface area contributed by atoms with E-state index in [0.29, 0.717) is 12.3 Å². The topological polar surface area (TPSA) is 23.8 Å². The van der Waals surface area contributed by atoms with Gasteiger partial charge in [-0.25, -0.2) is 4.39 Å². The molecule has 1 nitrogen and oxygen atoms in total. The Hall–Kier alpha value is -0.880. The standard InChI is InChI=1S/C14H15BrFN/c1-10-4-5-14(7-10,9-17)8-11-2-3-12(16)6-13(11)15/h2-3,6,10H,4-5,7-8H2,1H3. The number of hydrogen-bond acceptors (Lipinski definition) is 1. The molecule has 2 unspecified atom stereocenters. The molecule has 1 aromatic rings. The number of benzene rings is 1. The average molecular weight is 296 g/mol. The summed E-state index contributed by atoms with van der Waals surface area (Å²) in [5.41, 5.74) is 0.779. The average Bonchev–Trinajstić information content (AvgIpc) is 2.65. The van der Waals surface area contributed by atoms with Crippen molar-refractivity contribution in [2.45, 2.75) is 32.6 Å². The Labute approximate surface area is 110 Å². The Morgan fingerprint density at radius 1 is 1.59 bits per heavy atom. The summed E-state index contributed by atoms with van der Waals surface area (Å²) in [7, 11) is 0. The molecule has 3 heteroatoms. The van der Waals surface area contributed by atoms with Crippen LogP contribution in [0.2, 0.25) is 0 Å². The van der Waals surface area contributed by atoms with Crippen LogP contribution in [-0.4, -0.2) is 0 Å². The van der Waals surface area contributed by atoms with Crippen LogP contribution in [0.25, 0.3) is 0 Å². The van der Waals surface area contributed by atoms with Gasteiger partial charge in [0.05, 0.1) is 11.5 Å². The molecular weight excluding hydrogens is 281 g/mol. The van der Waals surface area contributed by atoms with Crippen molar-refractivity contribution in [3.63, 3.8) is 0 Å². The second kappa shape index (κ2) is 4.78. The lowest BCUT2D eigenvalue weighted by atomic mass is 9.81. The van der Waals surface area contributed by atoms with Gasteiger partial charge in [0.15, 0.2) is 0 Å². The van der Waals surface area contributed by atoms with Gasteiger partial charge < -0.3 is 0 Å². The smallest absolute Gasteiger partial charge is 0.124 e. The summed E-state index contributed by atoms with van der Waals surface area (Å²) in [6, 6.07) is 7.20. The third-order valence-corrected chi connectivity index (χ3v) is 4.37. The van der Waals surface area contributed by atoms with Crippen LogP contribution >= 0.6 is 15.9 Å². The van der Waals surface area contributed by atoms with Crippen molar-refractivity contribution in [2.24, 2.45) is 11.3 Å². The van der Waals surface area contributed by atoms with E-state index < -0.39 is 0 Å².